The van der Waals surface area contributed by atoms with Crippen molar-refractivity contribution in [3.05, 3.63) is 346 Å². The Bertz CT molecular complexity index is 6240. The number of pyridine rings is 4. The first-order chi connectivity index (χ1) is 49.5. The predicted octanol–water partition coefficient (Wildman–Crippen LogP) is 22.7. The molecule has 0 N–H and O–H groups in total. The predicted molar refractivity (Wildman–Crippen MR) is 410 cm³/mol. The number of fused-ring (bicyclic) bond motifs is 9. The van der Waals surface area contributed by atoms with E-state index in [1.165, 1.54) is 27.8 Å². The lowest BCUT2D eigenvalue weighted by atomic mass is 9.95. The Kier molecular flexibility index (Phi) is 15.0. The minimum atomic E-state index is 0.608. The Labute approximate surface area is 576 Å². The fraction of sp³-hybridized carbons (Fsp3) is 0. The summed E-state index contributed by atoms with van der Waals surface area (Å²) in [4.78, 5) is 45.7. The van der Waals surface area contributed by atoms with Gasteiger partial charge in [0.15, 0.2) is 23.3 Å². The largest absolute Gasteiger partial charge is 0.245 e. The normalized spacial score (nSPS) is 11.4. The van der Waals surface area contributed by atoms with Crippen molar-refractivity contribution in [2.45, 2.75) is 0 Å². The molecule has 19 rings (SSSR count). The summed E-state index contributed by atoms with van der Waals surface area (Å²) >= 11 is 0. The first kappa shape index (κ1) is 58.9. The molecule has 0 aliphatic rings. The van der Waals surface area contributed by atoms with Crippen molar-refractivity contribution in [3.63, 3.8) is 0 Å². The molecule has 0 bridgehead atoms. The fourth-order valence-corrected chi connectivity index (χ4v) is 13.6. The highest BCUT2D eigenvalue weighted by molar-refractivity contribution is 6.17. The van der Waals surface area contributed by atoms with Crippen LogP contribution in [-0.2, 0) is 0 Å². The van der Waals surface area contributed by atoms with Gasteiger partial charge in [-0.05, 0) is 58.7 Å². The molecule has 0 spiro atoms. The molecule has 0 aliphatic heterocycles. The number of benzene rings is 13. The van der Waals surface area contributed by atoms with Gasteiger partial charge in [-0.25, -0.2) is 44.9 Å². The molecule has 0 fully saturated rings. The Morgan fingerprint density at radius 1 is 0.160 bits per heavy atom. The molecule has 0 radical (unpaired) electrons. The van der Waals surface area contributed by atoms with Gasteiger partial charge >= 0.3 is 0 Å². The van der Waals surface area contributed by atoms with Crippen LogP contribution < -0.4 is 0 Å². The lowest BCUT2D eigenvalue weighted by Gasteiger charge is -2.13. The molecule has 9 heteroatoms. The van der Waals surface area contributed by atoms with E-state index in [0.717, 1.165) is 138 Å². The molecule has 0 amide bonds. The highest BCUT2D eigenvalue weighted by Gasteiger charge is 2.20. The Balaban J connectivity index is 0.000000145. The van der Waals surface area contributed by atoms with Gasteiger partial charge in [-0.1, -0.05) is 309 Å². The van der Waals surface area contributed by atoms with Gasteiger partial charge in [-0.15, -0.1) is 0 Å². The van der Waals surface area contributed by atoms with Crippen molar-refractivity contribution in [1.29, 1.82) is 0 Å². The molecule has 6 heterocycles. The second-order valence-electron chi connectivity index (χ2n) is 24.8. The van der Waals surface area contributed by atoms with Gasteiger partial charge in [0, 0.05) is 87.8 Å². The van der Waals surface area contributed by atoms with Gasteiger partial charge < -0.3 is 0 Å². The summed E-state index contributed by atoms with van der Waals surface area (Å²) in [7, 11) is 0. The van der Waals surface area contributed by atoms with Crippen LogP contribution in [0.3, 0.4) is 0 Å². The summed E-state index contributed by atoms with van der Waals surface area (Å²) in [5.41, 5.74) is 22.8. The second kappa shape index (κ2) is 25.5. The Morgan fingerprint density at radius 2 is 0.500 bits per heavy atom. The van der Waals surface area contributed by atoms with E-state index in [1.54, 1.807) is 0 Å². The van der Waals surface area contributed by atoms with E-state index >= 15 is 0 Å². The summed E-state index contributed by atoms with van der Waals surface area (Å²) in [5.74, 6) is 2.56. The maximum atomic E-state index is 5.26. The maximum absolute atomic E-state index is 5.26. The third-order valence-corrected chi connectivity index (χ3v) is 18.6. The summed E-state index contributed by atoms with van der Waals surface area (Å²) in [6.45, 7) is 0. The monoisotopic (exact) mass is 1280 g/mol. The highest BCUT2D eigenvalue weighted by atomic mass is 15.0. The van der Waals surface area contributed by atoms with Crippen LogP contribution in [0, 0.1) is 0 Å². The van der Waals surface area contributed by atoms with Crippen LogP contribution in [0.2, 0.25) is 0 Å². The van der Waals surface area contributed by atoms with Gasteiger partial charge in [0.05, 0.1) is 55.7 Å². The second-order valence-corrected chi connectivity index (χ2v) is 24.8. The molecule has 0 saturated heterocycles. The van der Waals surface area contributed by atoms with Crippen molar-refractivity contribution in [3.8, 4) is 113 Å². The van der Waals surface area contributed by atoms with Gasteiger partial charge in [0.25, 0.3) is 0 Å². The molecular formula is C91H57N9. The molecule has 0 saturated carbocycles. The number of hydrogen-bond donors (Lipinski definition) is 0. The standard InChI is InChI=1S/C48H30N4.C43H27N5/c1-3-11-31(12-4-1)32-19-23-35(24-20-32)45-39-16-8-10-18-43(39)51-48(52-45)37-25-21-33(22-26-37)41-30-28-36-27-29-40-44(34-13-5-2-6-14-34)38-15-7-9-17-42(38)50-47(40)46(36)49-41;1-4-13-28(14-5-1)38-34-21-10-11-22-37(34)45-40-35(38)25-23-29-24-26-36(44-39(29)40)32-19-12-20-33(27-32)43-47-41(30-15-6-2-7-16-30)46-42(48-43)31-17-8-3-9-18-31/h1-30H;1-27H. The van der Waals surface area contributed by atoms with Crippen LogP contribution in [0.1, 0.15) is 0 Å². The van der Waals surface area contributed by atoms with Crippen molar-refractivity contribution in [1.82, 2.24) is 44.9 Å². The third-order valence-electron chi connectivity index (χ3n) is 18.6. The summed E-state index contributed by atoms with van der Waals surface area (Å²) in [5, 5.41) is 7.57. The molecule has 100 heavy (non-hydrogen) atoms. The molecule has 0 unspecified atom stereocenters. The molecule has 0 atom stereocenters. The number of hydrogen-bond acceptors (Lipinski definition) is 9. The molecule has 19 aromatic rings. The van der Waals surface area contributed by atoms with E-state index in [1.807, 2.05) is 109 Å². The molecule has 0 aliphatic carbocycles. The minimum Gasteiger partial charge on any atom is -0.245 e. The molecule has 6 aromatic heterocycles. The van der Waals surface area contributed by atoms with Gasteiger partial charge in [0.1, 0.15) is 0 Å². The van der Waals surface area contributed by atoms with E-state index in [0.29, 0.717) is 23.3 Å². The van der Waals surface area contributed by atoms with E-state index < -0.39 is 0 Å². The summed E-state index contributed by atoms with van der Waals surface area (Å²) < 4.78 is 0. The Morgan fingerprint density at radius 3 is 1.01 bits per heavy atom. The van der Waals surface area contributed by atoms with E-state index in [-0.39, 0.29) is 0 Å². The van der Waals surface area contributed by atoms with Crippen LogP contribution in [0.4, 0.5) is 0 Å². The van der Waals surface area contributed by atoms with Crippen molar-refractivity contribution >= 4 is 76.3 Å². The SMILES string of the molecule is c1ccc(-c2ccc(-c3nc(-c4ccc(-c5ccc6ccc7c(-c8ccccc8)c8ccccc8nc7c6n5)cc4)nc4ccccc34)cc2)cc1.c1ccc(-c2nc(-c3ccccc3)nc(-c3cccc(-c4ccc5ccc6c(-c7ccccc7)c7ccccc7nc6c5n4)c3)n2)cc1. The molecular weight excluding hydrogens is 1220 g/mol. The lowest BCUT2D eigenvalue weighted by Crippen LogP contribution is -2.00. The van der Waals surface area contributed by atoms with Crippen LogP contribution in [0.25, 0.3) is 189 Å². The quantitative estimate of drug-likeness (QED) is 0.0975. The van der Waals surface area contributed by atoms with Gasteiger partial charge in [0.2, 0.25) is 0 Å². The summed E-state index contributed by atoms with van der Waals surface area (Å²) in [6.07, 6.45) is 0. The number of rotatable bonds is 10. The number of nitrogens with zero attached hydrogens (tertiary/aromatic N) is 9. The van der Waals surface area contributed by atoms with Crippen LogP contribution >= 0.6 is 0 Å². The zero-order chi connectivity index (χ0) is 66.3. The summed E-state index contributed by atoms with van der Waals surface area (Å²) in [6, 6.07) is 119. The number of para-hydroxylation sites is 3. The molecule has 466 valence electrons. The molecule has 13 aromatic carbocycles. The fourth-order valence-electron chi connectivity index (χ4n) is 13.6. The topological polar surface area (TPSA) is 116 Å². The smallest absolute Gasteiger partial charge is 0.164 e. The average Bonchev–Trinajstić information content (AvgIpc) is 0.747. The average molecular weight is 1280 g/mol. The van der Waals surface area contributed by atoms with E-state index in [9.17, 15) is 0 Å². The lowest BCUT2D eigenvalue weighted by molar-refractivity contribution is 1.07. The van der Waals surface area contributed by atoms with Crippen LogP contribution in [0.5, 0.6) is 0 Å². The highest BCUT2D eigenvalue weighted by Crippen LogP contribution is 2.41. The van der Waals surface area contributed by atoms with Crippen molar-refractivity contribution in [2.75, 3.05) is 0 Å². The van der Waals surface area contributed by atoms with E-state index in [2.05, 4.69) is 237 Å². The van der Waals surface area contributed by atoms with Crippen molar-refractivity contribution in [2.24, 2.45) is 0 Å². The minimum absolute atomic E-state index is 0.608. The molecule has 9 nitrogen and oxygen atoms in total. The van der Waals surface area contributed by atoms with Crippen molar-refractivity contribution < 1.29 is 0 Å². The van der Waals surface area contributed by atoms with Crippen LogP contribution in [0.15, 0.2) is 346 Å². The maximum Gasteiger partial charge on any atom is 0.164 e. The first-order valence-corrected chi connectivity index (χ1v) is 33.4. The van der Waals surface area contributed by atoms with Gasteiger partial charge in [-0.2, -0.15) is 0 Å². The zero-order valence-electron chi connectivity index (χ0n) is 53.9. The first-order valence-electron chi connectivity index (χ1n) is 33.4. The Hall–Kier alpha value is -13.6. The van der Waals surface area contributed by atoms with E-state index in [4.69, 9.17) is 44.9 Å². The van der Waals surface area contributed by atoms with Crippen LogP contribution in [-0.4, -0.2) is 44.9 Å². The number of aromatic nitrogens is 9. The van der Waals surface area contributed by atoms with Gasteiger partial charge in [-0.3, -0.25) is 0 Å². The third kappa shape index (κ3) is 11.1. The zero-order valence-corrected chi connectivity index (χ0v) is 53.9.